The van der Waals surface area contributed by atoms with E-state index in [-0.39, 0.29) is 16.9 Å². The monoisotopic (exact) mass is 533 g/mol. The molecule has 5 N–H and O–H groups in total. The number of carbonyl (C=O) groups excluding carboxylic acids is 1. The van der Waals surface area contributed by atoms with Gasteiger partial charge < -0.3 is 16.8 Å². The minimum absolute atomic E-state index is 0.0403. The Labute approximate surface area is 229 Å². The predicted octanol–water partition coefficient (Wildman–Crippen LogP) is 2.51. The SMILES string of the molecule is CCc1cc2cccc(C#Cc3ccn(C)n3)c2c(=O)n1-c1ccccc1.NC(=O)c1c(N)nn2c1NCC=N2. The van der Waals surface area contributed by atoms with Crippen molar-refractivity contribution < 1.29 is 4.79 Å². The Morgan fingerprint density at radius 3 is 2.58 bits per heavy atom. The molecule has 4 heterocycles. The van der Waals surface area contributed by atoms with Crippen molar-refractivity contribution in [3.8, 4) is 17.5 Å². The van der Waals surface area contributed by atoms with Crippen molar-refractivity contribution >= 4 is 34.5 Å². The van der Waals surface area contributed by atoms with E-state index >= 15 is 0 Å². The Morgan fingerprint density at radius 1 is 1.07 bits per heavy atom. The lowest BCUT2D eigenvalue weighted by molar-refractivity contribution is 0.100. The lowest BCUT2D eigenvalue weighted by atomic mass is 10.0. The average Bonchev–Trinajstić information content (AvgIpc) is 3.53. The molecule has 1 amide bonds. The summed E-state index contributed by atoms with van der Waals surface area (Å²) in [5.74, 6) is 6.13. The van der Waals surface area contributed by atoms with E-state index in [1.165, 1.54) is 4.79 Å². The van der Waals surface area contributed by atoms with Gasteiger partial charge in [0.05, 0.1) is 11.9 Å². The smallest absolute Gasteiger partial charge is 0.264 e. The topological polar surface area (TPSA) is 151 Å². The minimum atomic E-state index is -0.608. The third-order valence-electron chi connectivity index (χ3n) is 6.23. The molecule has 0 saturated heterocycles. The molecule has 200 valence electrons. The number of benzene rings is 2. The molecule has 11 heteroatoms. The zero-order chi connectivity index (χ0) is 28.2. The number of aromatic nitrogens is 5. The molecule has 0 unspecified atom stereocenters. The molecule has 1 aliphatic rings. The van der Waals surface area contributed by atoms with Gasteiger partial charge in [0.1, 0.15) is 11.3 Å². The second kappa shape index (κ2) is 11.0. The van der Waals surface area contributed by atoms with E-state index in [1.54, 1.807) is 15.5 Å². The lowest BCUT2D eigenvalue weighted by Gasteiger charge is -2.14. The molecule has 0 fully saturated rings. The normalized spacial score (nSPS) is 11.6. The molecule has 0 saturated carbocycles. The molecule has 1 aliphatic heterocycles. The highest BCUT2D eigenvalue weighted by molar-refractivity contribution is 6.02. The van der Waals surface area contributed by atoms with E-state index in [0.29, 0.717) is 23.4 Å². The highest BCUT2D eigenvalue weighted by Gasteiger charge is 2.21. The van der Waals surface area contributed by atoms with Gasteiger partial charge in [-0.05, 0) is 48.1 Å². The number of carbonyl (C=O) groups is 1. The lowest BCUT2D eigenvalue weighted by Crippen LogP contribution is -2.22. The first-order chi connectivity index (χ1) is 19.4. The highest BCUT2D eigenvalue weighted by atomic mass is 16.1. The molecule has 0 bridgehead atoms. The van der Waals surface area contributed by atoms with E-state index < -0.39 is 5.91 Å². The average molecular weight is 534 g/mol. The maximum atomic E-state index is 13.4. The van der Waals surface area contributed by atoms with Gasteiger partial charge in [0.2, 0.25) is 0 Å². The van der Waals surface area contributed by atoms with Crippen LogP contribution in [0.1, 0.15) is 34.2 Å². The molecular formula is C29H27N9O2. The molecule has 0 radical (unpaired) electrons. The number of aryl methyl sites for hydroxylation is 2. The summed E-state index contributed by atoms with van der Waals surface area (Å²) in [4.78, 5) is 25.6. The first-order valence-corrected chi connectivity index (χ1v) is 12.6. The van der Waals surface area contributed by atoms with Gasteiger partial charge in [-0.2, -0.15) is 10.2 Å². The number of nitrogen functional groups attached to an aromatic ring is 1. The van der Waals surface area contributed by atoms with Crippen LogP contribution < -0.4 is 22.3 Å². The van der Waals surface area contributed by atoms with Gasteiger partial charge in [-0.3, -0.25) is 18.8 Å². The molecule has 0 spiro atoms. The van der Waals surface area contributed by atoms with E-state index in [2.05, 4.69) is 45.4 Å². The Hall–Kier alpha value is -5.63. The quantitative estimate of drug-likeness (QED) is 0.303. The van der Waals surface area contributed by atoms with Crippen LogP contribution in [0.25, 0.3) is 16.5 Å². The fraction of sp³-hybridized carbons (Fsp3) is 0.138. The maximum Gasteiger partial charge on any atom is 0.264 e. The fourth-order valence-electron chi connectivity index (χ4n) is 4.42. The van der Waals surface area contributed by atoms with Gasteiger partial charge in [-0.1, -0.05) is 43.2 Å². The first-order valence-electron chi connectivity index (χ1n) is 12.6. The van der Waals surface area contributed by atoms with Gasteiger partial charge in [0.25, 0.3) is 11.5 Å². The third-order valence-corrected chi connectivity index (χ3v) is 6.23. The van der Waals surface area contributed by atoms with Crippen molar-refractivity contribution in [2.24, 2.45) is 17.9 Å². The van der Waals surface area contributed by atoms with Crippen molar-refractivity contribution in [3.05, 3.63) is 99.7 Å². The molecule has 11 nitrogen and oxygen atoms in total. The predicted molar refractivity (Wildman–Crippen MR) is 156 cm³/mol. The Morgan fingerprint density at radius 2 is 1.88 bits per heavy atom. The van der Waals surface area contributed by atoms with E-state index in [4.69, 9.17) is 11.5 Å². The van der Waals surface area contributed by atoms with Gasteiger partial charge >= 0.3 is 0 Å². The summed E-state index contributed by atoms with van der Waals surface area (Å²) in [6, 6.07) is 19.5. The number of hydrogen-bond acceptors (Lipinski definition) is 7. The van der Waals surface area contributed by atoms with Crippen LogP contribution in [0.15, 0.2) is 76.8 Å². The summed E-state index contributed by atoms with van der Waals surface area (Å²) < 4.78 is 3.50. The van der Waals surface area contributed by atoms with Crippen molar-refractivity contribution in [1.82, 2.24) is 24.2 Å². The van der Waals surface area contributed by atoms with E-state index in [0.717, 1.165) is 28.8 Å². The van der Waals surface area contributed by atoms with E-state index in [9.17, 15) is 9.59 Å². The Balaban J connectivity index is 0.000000207. The summed E-state index contributed by atoms with van der Waals surface area (Å²) in [7, 11) is 1.86. The number of amides is 1. The summed E-state index contributed by atoms with van der Waals surface area (Å²) >= 11 is 0. The number of rotatable bonds is 3. The van der Waals surface area contributed by atoms with Crippen LogP contribution in [0.4, 0.5) is 11.6 Å². The number of hydrogen-bond donors (Lipinski definition) is 3. The van der Waals surface area contributed by atoms with Gasteiger partial charge in [-0.25, -0.2) is 0 Å². The fourth-order valence-corrected chi connectivity index (χ4v) is 4.42. The molecule has 0 aliphatic carbocycles. The number of fused-ring (bicyclic) bond motifs is 2. The van der Waals surface area contributed by atoms with Crippen LogP contribution in [0.2, 0.25) is 0 Å². The summed E-state index contributed by atoms with van der Waals surface area (Å²) in [6.45, 7) is 2.59. The second-order valence-corrected chi connectivity index (χ2v) is 8.90. The van der Waals surface area contributed by atoms with Gasteiger partial charge in [0, 0.05) is 36.4 Å². The number of para-hydroxylation sites is 1. The number of primary amides is 1. The molecule has 0 atom stereocenters. The number of anilines is 2. The van der Waals surface area contributed by atoms with Crippen LogP contribution in [-0.4, -0.2) is 42.9 Å². The summed E-state index contributed by atoms with van der Waals surface area (Å²) in [5, 5.41) is 16.4. The number of nitrogens with two attached hydrogens (primary N) is 2. The maximum absolute atomic E-state index is 13.4. The van der Waals surface area contributed by atoms with Crippen molar-refractivity contribution in [2.75, 3.05) is 17.6 Å². The zero-order valence-electron chi connectivity index (χ0n) is 22.0. The minimum Gasteiger partial charge on any atom is -0.381 e. The second-order valence-electron chi connectivity index (χ2n) is 8.90. The molecule has 6 rings (SSSR count). The molecule has 2 aromatic carbocycles. The summed E-state index contributed by atoms with van der Waals surface area (Å²) in [6.07, 6.45) is 4.23. The van der Waals surface area contributed by atoms with Crippen LogP contribution in [0.5, 0.6) is 0 Å². The van der Waals surface area contributed by atoms with Crippen molar-refractivity contribution in [3.63, 3.8) is 0 Å². The van der Waals surface area contributed by atoms with Crippen molar-refractivity contribution in [2.45, 2.75) is 13.3 Å². The molecule has 40 heavy (non-hydrogen) atoms. The standard InChI is InChI=1S/C23H19N3O.C6H8N6O/c1-3-20-16-18-9-7-8-17(12-13-19-14-15-25(2)24-19)22(18)23(27)26(20)21-10-5-4-6-11-21;7-4-3(5(8)13)6-9-1-2-10-12(6)11-4/h4-11,14-16H,3H2,1-2H3;2,9H,1H2,(H2,7,11)(H2,8,13). The highest BCUT2D eigenvalue weighted by Crippen LogP contribution is 2.22. The molecule has 5 aromatic rings. The number of nitrogens with one attached hydrogen (secondary N) is 1. The van der Waals surface area contributed by atoms with E-state index in [1.807, 2.05) is 67.8 Å². The van der Waals surface area contributed by atoms with Crippen LogP contribution in [0, 0.1) is 11.8 Å². The molecular weight excluding hydrogens is 506 g/mol. The van der Waals surface area contributed by atoms with Crippen molar-refractivity contribution in [1.29, 1.82) is 0 Å². The third kappa shape index (κ3) is 5.06. The van der Waals surface area contributed by atoms with Gasteiger partial charge in [0.15, 0.2) is 11.6 Å². The zero-order valence-corrected chi connectivity index (χ0v) is 22.0. The Bertz CT molecular complexity index is 1870. The first kappa shape index (κ1) is 26.0. The van der Waals surface area contributed by atoms with Crippen LogP contribution in [-0.2, 0) is 13.5 Å². The molecule has 3 aromatic heterocycles. The van der Waals surface area contributed by atoms with Crippen LogP contribution >= 0.6 is 0 Å². The van der Waals surface area contributed by atoms with Gasteiger partial charge in [-0.15, -0.1) is 9.89 Å². The Kier molecular flexibility index (Phi) is 7.15. The largest absolute Gasteiger partial charge is 0.381 e. The van der Waals surface area contributed by atoms with Crippen LogP contribution in [0.3, 0.4) is 0 Å². The number of pyridine rings is 1. The number of nitrogens with zero attached hydrogens (tertiary/aromatic N) is 6. The summed E-state index contributed by atoms with van der Waals surface area (Å²) in [5.41, 5.74) is 14.0.